The molecule has 3 aromatic rings. The number of rotatable bonds is 10. The van der Waals surface area contributed by atoms with Crippen molar-refractivity contribution in [1.82, 2.24) is 10.2 Å². The minimum Gasteiger partial charge on any atom is -0.354 e. The number of hydrogen-bond donors (Lipinski definition) is 1. The van der Waals surface area contributed by atoms with E-state index in [9.17, 15) is 9.59 Å². The number of amides is 2. The van der Waals surface area contributed by atoms with Gasteiger partial charge in [-0.15, -0.1) is 0 Å². The average Bonchev–Trinajstić information content (AvgIpc) is 2.81. The summed E-state index contributed by atoms with van der Waals surface area (Å²) in [6, 6.07) is 25.8. The topological polar surface area (TPSA) is 49.4 Å². The fourth-order valence-electron chi connectivity index (χ4n) is 3.67. The second-order valence-corrected chi connectivity index (χ2v) is 9.03. The van der Waals surface area contributed by atoms with Crippen LogP contribution in [0.15, 0.2) is 84.9 Å². The van der Waals surface area contributed by atoms with Crippen molar-refractivity contribution in [2.24, 2.45) is 5.92 Å². The molecule has 1 N–H and O–H groups in total. The summed E-state index contributed by atoms with van der Waals surface area (Å²) in [4.78, 5) is 28.7. The molecule has 33 heavy (non-hydrogen) atoms. The first-order valence-corrected chi connectivity index (χ1v) is 11.7. The Bertz CT molecular complexity index is 1020. The SMILES string of the molecule is CC(C)CCNC(=O)[C@H](c1ccccc1)N(Cc1ccc(Cl)cc1)C(=O)Cc1ccccc1. The van der Waals surface area contributed by atoms with Crippen LogP contribution in [0.5, 0.6) is 0 Å². The maximum atomic E-state index is 13.6. The van der Waals surface area contributed by atoms with Crippen LogP contribution in [0.25, 0.3) is 0 Å². The summed E-state index contributed by atoms with van der Waals surface area (Å²) in [5.41, 5.74) is 2.61. The molecule has 5 heteroatoms. The van der Waals surface area contributed by atoms with Crippen molar-refractivity contribution >= 4 is 23.4 Å². The highest BCUT2D eigenvalue weighted by Gasteiger charge is 2.31. The quantitative estimate of drug-likeness (QED) is 0.413. The van der Waals surface area contributed by atoms with Crippen molar-refractivity contribution in [2.75, 3.05) is 6.54 Å². The Labute approximate surface area is 201 Å². The Kier molecular flexibility index (Phi) is 9.08. The van der Waals surface area contributed by atoms with Crippen molar-refractivity contribution in [1.29, 1.82) is 0 Å². The third-order valence-corrected chi connectivity index (χ3v) is 5.73. The average molecular weight is 463 g/mol. The molecule has 0 aromatic heterocycles. The zero-order chi connectivity index (χ0) is 23.6. The van der Waals surface area contributed by atoms with E-state index in [-0.39, 0.29) is 18.2 Å². The molecule has 0 bridgehead atoms. The molecule has 0 heterocycles. The largest absolute Gasteiger partial charge is 0.354 e. The molecule has 0 aliphatic rings. The summed E-state index contributed by atoms with van der Waals surface area (Å²) in [5.74, 6) is 0.201. The maximum Gasteiger partial charge on any atom is 0.247 e. The molecule has 0 aliphatic carbocycles. The molecule has 0 saturated carbocycles. The lowest BCUT2D eigenvalue weighted by Crippen LogP contribution is -2.44. The minimum atomic E-state index is -0.731. The number of halogens is 1. The lowest BCUT2D eigenvalue weighted by Gasteiger charge is -2.32. The second kappa shape index (κ2) is 12.2. The van der Waals surface area contributed by atoms with Gasteiger partial charge in [0.15, 0.2) is 0 Å². The zero-order valence-corrected chi connectivity index (χ0v) is 20.0. The first-order chi connectivity index (χ1) is 15.9. The number of nitrogens with one attached hydrogen (secondary N) is 1. The van der Waals surface area contributed by atoms with Crippen molar-refractivity contribution in [3.8, 4) is 0 Å². The van der Waals surface area contributed by atoms with Crippen molar-refractivity contribution in [3.63, 3.8) is 0 Å². The standard InChI is InChI=1S/C28H31ClN2O2/c1-21(2)17-18-30-28(33)27(24-11-7-4-8-12-24)31(20-23-13-15-25(29)16-14-23)26(32)19-22-9-5-3-6-10-22/h3-16,21,27H,17-20H2,1-2H3,(H,30,33)/t27-/m0/s1. The summed E-state index contributed by atoms with van der Waals surface area (Å²) in [7, 11) is 0. The summed E-state index contributed by atoms with van der Waals surface area (Å²) in [6.07, 6.45) is 1.10. The molecular formula is C28H31ClN2O2. The molecule has 1 atom stereocenters. The first-order valence-electron chi connectivity index (χ1n) is 11.3. The molecule has 4 nitrogen and oxygen atoms in total. The van der Waals surface area contributed by atoms with Gasteiger partial charge in [-0.05, 0) is 41.2 Å². The van der Waals surface area contributed by atoms with E-state index in [1.807, 2.05) is 72.8 Å². The van der Waals surface area contributed by atoms with E-state index in [1.165, 1.54) is 0 Å². The molecule has 2 amide bonds. The van der Waals surface area contributed by atoms with Crippen LogP contribution in [0.4, 0.5) is 0 Å². The van der Waals surface area contributed by atoms with Gasteiger partial charge in [0.1, 0.15) is 6.04 Å². The first kappa shape index (κ1) is 24.5. The van der Waals surface area contributed by atoms with Crippen molar-refractivity contribution in [2.45, 2.75) is 39.3 Å². The predicted molar refractivity (Wildman–Crippen MR) is 134 cm³/mol. The van der Waals surface area contributed by atoms with Gasteiger partial charge in [0, 0.05) is 18.1 Å². The van der Waals surface area contributed by atoms with Crippen LogP contribution in [0, 0.1) is 5.92 Å². The molecule has 0 fully saturated rings. The number of nitrogens with zero attached hydrogens (tertiary/aromatic N) is 1. The molecular weight excluding hydrogens is 432 g/mol. The second-order valence-electron chi connectivity index (χ2n) is 8.60. The summed E-state index contributed by atoms with van der Waals surface area (Å²) >= 11 is 6.07. The van der Waals surface area contributed by atoms with E-state index in [2.05, 4.69) is 19.2 Å². The molecule has 3 aromatic carbocycles. The van der Waals surface area contributed by atoms with Gasteiger partial charge in [0.25, 0.3) is 0 Å². The fourth-order valence-corrected chi connectivity index (χ4v) is 3.80. The van der Waals surface area contributed by atoms with E-state index in [4.69, 9.17) is 11.6 Å². The van der Waals surface area contributed by atoms with Crippen LogP contribution >= 0.6 is 11.6 Å². The van der Waals surface area contributed by atoms with Gasteiger partial charge in [-0.1, -0.05) is 98.2 Å². The van der Waals surface area contributed by atoms with Crippen LogP contribution in [0.3, 0.4) is 0 Å². The van der Waals surface area contributed by atoms with Gasteiger partial charge in [0.2, 0.25) is 11.8 Å². The highest BCUT2D eigenvalue weighted by atomic mass is 35.5. The van der Waals surface area contributed by atoms with Crippen molar-refractivity contribution in [3.05, 3.63) is 107 Å². The predicted octanol–water partition coefficient (Wildman–Crippen LogP) is 5.81. The third-order valence-electron chi connectivity index (χ3n) is 5.48. The summed E-state index contributed by atoms with van der Waals surface area (Å²) < 4.78 is 0. The normalized spacial score (nSPS) is 11.8. The lowest BCUT2D eigenvalue weighted by atomic mass is 10.0. The van der Waals surface area contributed by atoms with Crippen molar-refractivity contribution < 1.29 is 9.59 Å². The smallest absolute Gasteiger partial charge is 0.247 e. The fraction of sp³-hybridized carbons (Fsp3) is 0.286. The van der Waals surface area contributed by atoms with Gasteiger partial charge >= 0.3 is 0 Å². The summed E-state index contributed by atoms with van der Waals surface area (Å²) in [5, 5.41) is 3.68. The number of hydrogen-bond acceptors (Lipinski definition) is 2. The Morgan fingerprint density at radius 1 is 0.848 bits per heavy atom. The Morgan fingerprint density at radius 3 is 2.06 bits per heavy atom. The molecule has 0 unspecified atom stereocenters. The Hall–Kier alpha value is -3.11. The zero-order valence-electron chi connectivity index (χ0n) is 19.2. The van der Waals surface area contributed by atoms with Gasteiger partial charge in [-0.2, -0.15) is 0 Å². The molecule has 0 radical (unpaired) electrons. The van der Waals surface area contributed by atoms with Gasteiger partial charge < -0.3 is 10.2 Å². The lowest BCUT2D eigenvalue weighted by molar-refractivity contribution is -0.141. The van der Waals surface area contributed by atoms with E-state index < -0.39 is 6.04 Å². The van der Waals surface area contributed by atoms with Gasteiger partial charge in [-0.25, -0.2) is 0 Å². The van der Waals surface area contributed by atoms with Crippen LogP contribution in [-0.2, 0) is 22.6 Å². The van der Waals surface area contributed by atoms with E-state index >= 15 is 0 Å². The Morgan fingerprint density at radius 2 is 1.45 bits per heavy atom. The number of carbonyl (C=O) groups excluding carboxylic acids is 2. The van der Waals surface area contributed by atoms with Crippen LogP contribution in [0.1, 0.15) is 43.0 Å². The van der Waals surface area contributed by atoms with Crippen LogP contribution in [0.2, 0.25) is 5.02 Å². The van der Waals surface area contributed by atoms with Gasteiger partial charge in [-0.3, -0.25) is 9.59 Å². The van der Waals surface area contributed by atoms with E-state index in [0.29, 0.717) is 24.0 Å². The van der Waals surface area contributed by atoms with Gasteiger partial charge in [0.05, 0.1) is 6.42 Å². The monoisotopic (exact) mass is 462 g/mol. The number of carbonyl (C=O) groups is 2. The number of benzene rings is 3. The molecule has 3 rings (SSSR count). The minimum absolute atomic E-state index is 0.107. The van der Waals surface area contributed by atoms with Crippen LogP contribution in [-0.4, -0.2) is 23.3 Å². The van der Waals surface area contributed by atoms with E-state index in [0.717, 1.165) is 23.1 Å². The van der Waals surface area contributed by atoms with E-state index in [1.54, 1.807) is 17.0 Å². The molecule has 172 valence electrons. The molecule has 0 saturated heterocycles. The highest BCUT2D eigenvalue weighted by molar-refractivity contribution is 6.30. The summed E-state index contributed by atoms with van der Waals surface area (Å²) in [6.45, 7) is 5.12. The maximum absolute atomic E-state index is 13.6. The third kappa shape index (κ3) is 7.47. The highest BCUT2D eigenvalue weighted by Crippen LogP contribution is 2.25. The Balaban J connectivity index is 1.94. The molecule has 0 spiro atoms. The molecule has 0 aliphatic heterocycles. The van der Waals surface area contributed by atoms with Crippen LogP contribution < -0.4 is 5.32 Å².